The zero-order chi connectivity index (χ0) is 57.9. The summed E-state index contributed by atoms with van der Waals surface area (Å²) >= 11 is 16.3. The van der Waals surface area contributed by atoms with Crippen LogP contribution >= 0.6 is 36.7 Å². The van der Waals surface area contributed by atoms with Gasteiger partial charge in [0.05, 0.1) is 12.6 Å². The number of rotatable bonds is 16. The fourth-order valence-corrected chi connectivity index (χ4v) is 8.72. The highest BCUT2D eigenvalue weighted by molar-refractivity contribution is 7.80. The first-order chi connectivity index (χ1) is 35.8. The molecule has 4 rings (SSSR count). The molecule has 0 aromatic rings. The Morgan fingerprint density at radius 2 is 0.935 bits per heavy atom. The molecule has 2 amide bonds. The van der Waals surface area contributed by atoms with E-state index in [1.807, 2.05) is 0 Å². The van der Waals surface area contributed by atoms with Crippen LogP contribution in [0.25, 0.3) is 10.4 Å². The number of hydrogen-bond acceptors (Lipinski definition) is 25. The third kappa shape index (κ3) is 19.0. The van der Waals surface area contributed by atoms with Gasteiger partial charge < -0.3 is 126 Å². The third-order valence-electron chi connectivity index (χ3n) is 11.6. The van der Waals surface area contributed by atoms with E-state index >= 15 is 0 Å². The first kappa shape index (κ1) is 64.9. The average molecular weight is 1160 g/mol. The fraction of sp³-hybridized carbons (Fsp3) is 0.833. The van der Waals surface area contributed by atoms with Crippen LogP contribution in [-0.2, 0) is 52.2 Å². The molecule has 32 nitrogen and oxygen atoms in total. The van der Waals surface area contributed by atoms with Gasteiger partial charge >= 0.3 is 24.1 Å². The molecular weight excluding hydrogens is 1090 g/mol. The van der Waals surface area contributed by atoms with Crippen molar-refractivity contribution in [2.45, 2.75) is 189 Å². The Bertz CT molecular complexity index is 2110. The minimum absolute atomic E-state index is 0.194. The van der Waals surface area contributed by atoms with Crippen LogP contribution in [-0.4, -0.2) is 247 Å². The highest BCUT2D eigenvalue weighted by Gasteiger charge is 2.52. The second-order valence-corrected chi connectivity index (χ2v) is 21.2. The predicted molar refractivity (Wildman–Crippen MR) is 272 cm³/mol. The van der Waals surface area contributed by atoms with Crippen molar-refractivity contribution in [3.05, 3.63) is 10.4 Å². The molecule has 4 aliphatic rings. The van der Waals surface area contributed by atoms with Gasteiger partial charge in [0, 0.05) is 45.5 Å². The molecule has 0 aromatic carbocycles. The summed E-state index contributed by atoms with van der Waals surface area (Å²) in [6.45, 7) is 10.2. The lowest BCUT2D eigenvalue weighted by molar-refractivity contribution is -0.288. The number of ether oxygens (including phenoxy) is 9. The van der Waals surface area contributed by atoms with E-state index in [1.165, 1.54) is 7.11 Å². The lowest BCUT2D eigenvalue weighted by atomic mass is 9.94. The smallest absolute Gasteiger partial charge is 0.408 e. The van der Waals surface area contributed by atoms with Gasteiger partial charge in [-0.2, -0.15) is 0 Å². The van der Waals surface area contributed by atoms with Crippen molar-refractivity contribution in [3.63, 3.8) is 0 Å². The van der Waals surface area contributed by atoms with Crippen LogP contribution in [0.5, 0.6) is 0 Å². The SMILES string of the molecule is CO[C@H]1OC(CNC(=S)N[C@@H]2OC(CNC(=S)N[C@@H]3OC(CNC(=S)N[C@@H]4OC(CN=[N+]=[N-])[C@H](OC(C)=O)C(NC(=O)OC(C)(C)C)C4OC(C)=O)[C@@H](O)C(O)C3O)[C@H](O)C(NC(=O)OC(C)(C)C)C2O)[C@@H](O)C(O)C1O. The standard InChI is InChI=1S/C42H71N11O21S3/c1-14(54)67-30-19(13-47-53-43)71-34(31(68-15(2)55)21(30)49-40(65)74-42(6,7)8)52-38(77)45-11-17-23(57)26(60)28(62)33(70-17)51-37(76)44-10-16-22(56)20(48-39(64)73-41(3,4)5)25(59)32(69-16)50-36(75)46-12-18-24(58)27(61)29(63)35(66-9)72-18/h16-35,56-63H,10-13H2,1-9H3,(H,48,64)(H,49,65)(H2,44,51,76)(H2,45,52,77)(H2,46,50,75)/t16?,17?,18?,19?,20?,21?,22-,23+,24+,25?,26?,27?,28?,29?,30-,31?,32+,33+,34+,35-/m0/s1. The highest BCUT2D eigenvalue weighted by Crippen LogP contribution is 2.28. The normalized spacial score (nSPS) is 35.2. The van der Waals surface area contributed by atoms with Gasteiger partial charge in [0.2, 0.25) is 0 Å². The number of thiocarbonyl (C=S) groups is 3. The molecule has 12 unspecified atom stereocenters. The van der Waals surface area contributed by atoms with E-state index in [9.17, 15) is 60.0 Å². The van der Waals surface area contributed by atoms with Gasteiger partial charge in [0.1, 0.15) is 90.5 Å². The zero-order valence-corrected chi connectivity index (χ0v) is 45.8. The van der Waals surface area contributed by atoms with Crippen LogP contribution in [0.4, 0.5) is 9.59 Å². The second-order valence-electron chi connectivity index (χ2n) is 20.0. The number of alkyl carbamates (subject to hydrolysis) is 2. The first-order valence-electron chi connectivity index (χ1n) is 23.9. The predicted octanol–water partition coefficient (Wildman–Crippen LogP) is -5.23. The van der Waals surface area contributed by atoms with Crippen molar-refractivity contribution < 1.29 is 103 Å². The molecule has 0 saturated carbocycles. The summed E-state index contributed by atoms with van der Waals surface area (Å²) in [5.74, 6) is -1.69. The Labute approximate surface area is 457 Å². The third-order valence-corrected chi connectivity index (χ3v) is 12.3. The van der Waals surface area contributed by atoms with Gasteiger partial charge in [-0.25, -0.2) is 9.59 Å². The number of hydrogen-bond donors (Lipinski definition) is 16. The number of carbonyl (C=O) groups excluding carboxylic acids is 4. The molecule has 4 saturated heterocycles. The number of amides is 2. The fourth-order valence-electron chi connectivity index (χ4n) is 8.12. The summed E-state index contributed by atoms with van der Waals surface area (Å²) in [5.41, 5.74) is 7.13. The van der Waals surface area contributed by atoms with Gasteiger partial charge in [0.25, 0.3) is 0 Å². The number of azide groups is 1. The Morgan fingerprint density at radius 3 is 1.39 bits per heavy atom. The molecule has 4 fully saturated rings. The summed E-state index contributed by atoms with van der Waals surface area (Å²) in [6, 6.07) is -2.87. The van der Waals surface area contributed by atoms with Crippen molar-refractivity contribution in [3.8, 4) is 0 Å². The summed E-state index contributed by atoms with van der Waals surface area (Å²) in [4.78, 5) is 53.4. The molecular formula is C42H71N11O21S3. The van der Waals surface area contributed by atoms with Gasteiger partial charge in [-0.1, -0.05) is 5.11 Å². The lowest BCUT2D eigenvalue weighted by Crippen LogP contribution is -2.70. The number of nitrogens with one attached hydrogen (secondary N) is 8. The molecule has 4 heterocycles. The Hall–Kier alpha value is -4.66. The molecule has 16 N–H and O–H groups in total. The van der Waals surface area contributed by atoms with Crippen molar-refractivity contribution in [2.24, 2.45) is 5.11 Å². The van der Waals surface area contributed by atoms with Crippen molar-refractivity contribution in [1.82, 2.24) is 42.5 Å². The number of aliphatic hydroxyl groups is 8. The Kier molecular flexibility index (Phi) is 24.0. The van der Waals surface area contributed by atoms with E-state index in [-0.39, 0.29) is 28.4 Å². The van der Waals surface area contributed by atoms with E-state index in [0.29, 0.717) is 0 Å². The Morgan fingerprint density at radius 1 is 0.532 bits per heavy atom. The van der Waals surface area contributed by atoms with E-state index in [0.717, 1.165) is 13.8 Å². The van der Waals surface area contributed by atoms with Crippen LogP contribution < -0.4 is 42.5 Å². The van der Waals surface area contributed by atoms with Gasteiger partial charge in [-0.3, -0.25) is 9.59 Å². The van der Waals surface area contributed by atoms with Gasteiger partial charge in [0.15, 0.2) is 52.5 Å². The van der Waals surface area contributed by atoms with Crippen molar-refractivity contribution in [1.29, 1.82) is 0 Å². The summed E-state index contributed by atoms with van der Waals surface area (Å²) < 4.78 is 50.2. The topological polar surface area (TPSA) is 458 Å². The minimum atomic E-state index is -1.85. The summed E-state index contributed by atoms with van der Waals surface area (Å²) in [6.07, 6.45) is -29.3. The largest absolute Gasteiger partial charge is 0.457 e. The van der Waals surface area contributed by atoms with Crippen LogP contribution in [0.1, 0.15) is 55.4 Å². The lowest BCUT2D eigenvalue weighted by Gasteiger charge is -2.45. The van der Waals surface area contributed by atoms with E-state index in [1.54, 1.807) is 41.5 Å². The molecule has 0 spiro atoms. The number of aliphatic hydroxyl groups excluding tert-OH is 8. The van der Waals surface area contributed by atoms with Crippen molar-refractivity contribution >= 4 is 76.1 Å². The average Bonchev–Trinajstić information content (AvgIpc) is 3.32. The zero-order valence-electron chi connectivity index (χ0n) is 43.3. The number of esters is 2. The number of nitrogens with zero attached hydrogens (tertiary/aromatic N) is 3. The van der Waals surface area contributed by atoms with Gasteiger partial charge in [-0.05, 0) is 83.7 Å². The molecule has 0 radical (unpaired) electrons. The van der Waals surface area contributed by atoms with E-state index < -0.39 is 171 Å². The van der Waals surface area contributed by atoms with Crippen LogP contribution in [0.15, 0.2) is 5.11 Å². The van der Waals surface area contributed by atoms with E-state index in [2.05, 4.69) is 52.6 Å². The minimum Gasteiger partial charge on any atom is -0.457 e. The molecule has 20 atom stereocenters. The highest BCUT2D eigenvalue weighted by atomic mass is 32.1. The molecule has 35 heteroatoms. The molecule has 438 valence electrons. The van der Waals surface area contributed by atoms with Crippen LogP contribution in [0.3, 0.4) is 0 Å². The number of carbonyl (C=O) groups is 4. The Balaban J connectivity index is 1.44. The monoisotopic (exact) mass is 1160 g/mol. The molecule has 0 aromatic heterocycles. The maximum absolute atomic E-state index is 13.1. The second kappa shape index (κ2) is 28.5. The summed E-state index contributed by atoms with van der Waals surface area (Å²) in [5, 5.41) is 111. The van der Waals surface area contributed by atoms with Crippen LogP contribution in [0.2, 0.25) is 0 Å². The quantitative estimate of drug-likeness (QED) is 0.0171. The molecule has 4 aliphatic heterocycles. The molecule has 0 bridgehead atoms. The molecule has 0 aliphatic carbocycles. The summed E-state index contributed by atoms with van der Waals surface area (Å²) in [7, 11) is 1.23. The first-order valence-corrected chi connectivity index (χ1v) is 25.1. The van der Waals surface area contributed by atoms with E-state index in [4.69, 9.17) is 84.8 Å². The van der Waals surface area contributed by atoms with Gasteiger partial charge in [-0.15, -0.1) is 0 Å². The maximum atomic E-state index is 13.1. The number of methoxy groups -OCH3 is 1. The molecule has 77 heavy (non-hydrogen) atoms. The maximum Gasteiger partial charge on any atom is 0.408 e. The van der Waals surface area contributed by atoms with Crippen LogP contribution in [0, 0.1) is 0 Å². The van der Waals surface area contributed by atoms with Crippen molar-refractivity contribution in [2.75, 3.05) is 33.3 Å².